The normalized spacial score (nSPS) is 32.2. The van der Waals surface area contributed by atoms with Crippen molar-refractivity contribution in [2.45, 2.75) is 59.0 Å². The van der Waals surface area contributed by atoms with Crippen LogP contribution in [0.2, 0.25) is 0 Å². The Hall–Kier alpha value is -2.49. The van der Waals surface area contributed by atoms with Crippen LogP contribution in [0.5, 0.6) is 0 Å². The SMILES string of the molecule is CC(C)[C@H]1CC[C@@](O)(COC(=O)/C(=C/[C@H]2C=C(CO)CC[C@H]2C(C)C)CO)[C@H]2C(=O)OCC(C(=O)O)=C[C@H]12. The van der Waals surface area contributed by atoms with Crippen LogP contribution in [0.4, 0.5) is 0 Å². The summed E-state index contributed by atoms with van der Waals surface area (Å²) in [6.07, 6.45) is 7.46. The first kappa shape index (κ1) is 30.1. The molecule has 3 rings (SSSR count). The van der Waals surface area contributed by atoms with Crippen molar-refractivity contribution in [1.82, 2.24) is 0 Å². The Labute approximate surface area is 224 Å². The molecule has 6 atom stereocenters. The molecule has 0 aromatic rings. The van der Waals surface area contributed by atoms with Gasteiger partial charge in [0.05, 0.1) is 30.3 Å². The number of carbonyl (C=O) groups excluding carboxylic acids is 2. The minimum Gasteiger partial charge on any atom is -0.478 e. The minimum atomic E-state index is -1.75. The first-order valence-corrected chi connectivity index (χ1v) is 13.5. The van der Waals surface area contributed by atoms with Crippen molar-refractivity contribution in [3.63, 3.8) is 0 Å². The molecule has 0 bridgehead atoms. The number of aliphatic hydroxyl groups excluding tert-OH is 2. The molecule has 0 amide bonds. The molecule has 0 radical (unpaired) electrons. The van der Waals surface area contributed by atoms with Gasteiger partial charge in [-0.15, -0.1) is 0 Å². The predicted molar refractivity (Wildman–Crippen MR) is 139 cm³/mol. The number of carboxylic acid groups (broad SMARTS) is 1. The van der Waals surface area contributed by atoms with Gasteiger partial charge in [-0.3, -0.25) is 4.79 Å². The maximum Gasteiger partial charge on any atom is 0.336 e. The molecule has 9 heteroatoms. The fourth-order valence-electron chi connectivity index (χ4n) is 6.36. The van der Waals surface area contributed by atoms with Crippen LogP contribution in [0, 0.1) is 41.4 Å². The molecule has 0 spiro atoms. The van der Waals surface area contributed by atoms with E-state index in [0.717, 1.165) is 18.4 Å². The summed E-state index contributed by atoms with van der Waals surface area (Å²) in [4.78, 5) is 37.8. The molecule has 38 heavy (non-hydrogen) atoms. The third kappa shape index (κ3) is 6.55. The van der Waals surface area contributed by atoms with E-state index in [-0.39, 0.29) is 54.5 Å². The average molecular weight is 535 g/mol. The fourth-order valence-corrected chi connectivity index (χ4v) is 6.36. The number of rotatable bonds is 9. The Bertz CT molecular complexity index is 992. The Morgan fingerprint density at radius 3 is 2.39 bits per heavy atom. The molecule has 1 aliphatic heterocycles. The van der Waals surface area contributed by atoms with Crippen molar-refractivity contribution < 1.29 is 44.3 Å². The summed E-state index contributed by atoms with van der Waals surface area (Å²) in [6.45, 7) is 6.66. The molecule has 1 saturated carbocycles. The van der Waals surface area contributed by atoms with Gasteiger partial charge in [-0.25, -0.2) is 9.59 Å². The Morgan fingerprint density at radius 1 is 1.13 bits per heavy atom. The van der Waals surface area contributed by atoms with Gasteiger partial charge in [-0.05, 0) is 66.8 Å². The molecule has 212 valence electrons. The van der Waals surface area contributed by atoms with Crippen LogP contribution in [0.3, 0.4) is 0 Å². The summed E-state index contributed by atoms with van der Waals surface area (Å²) in [7, 11) is 0. The van der Waals surface area contributed by atoms with Crippen LogP contribution >= 0.6 is 0 Å². The molecule has 0 aromatic carbocycles. The monoisotopic (exact) mass is 534 g/mol. The molecule has 4 N–H and O–H groups in total. The maximum atomic E-state index is 13.0. The Balaban J connectivity index is 1.84. The van der Waals surface area contributed by atoms with Crippen LogP contribution in [0.15, 0.2) is 34.9 Å². The van der Waals surface area contributed by atoms with Crippen LogP contribution in [-0.4, -0.2) is 70.4 Å². The van der Waals surface area contributed by atoms with E-state index < -0.39 is 48.6 Å². The number of carbonyl (C=O) groups is 3. The van der Waals surface area contributed by atoms with Crippen molar-refractivity contribution in [2.75, 3.05) is 26.4 Å². The molecule has 1 fully saturated rings. The van der Waals surface area contributed by atoms with Crippen LogP contribution in [0.25, 0.3) is 0 Å². The topological polar surface area (TPSA) is 151 Å². The van der Waals surface area contributed by atoms with Gasteiger partial charge in [0.15, 0.2) is 0 Å². The molecule has 2 aliphatic carbocycles. The summed E-state index contributed by atoms with van der Waals surface area (Å²) in [5.41, 5.74) is -0.852. The Kier molecular flexibility index (Phi) is 9.95. The maximum absolute atomic E-state index is 13.0. The second-order valence-electron chi connectivity index (χ2n) is 11.6. The summed E-state index contributed by atoms with van der Waals surface area (Å²) in [5.74, 6) is -3.91. The lowest BCUT2D eigenvalue weighted by molar-refractivity contribution is -0.181. The third-order valence-electron chi connectivity index (χ3n) is 8.58. The molecule has 9 nitrogen and oxygen atoms in total. The van der Waals surface area contributed by atoms with Crippen LogP contribution in [-0.2, 0) is 23.9 Å². The lowest BCUT2D eigenvalue weighted by atomic mass is 9.61. The van der Waals surface area contributed by atoms with E-state index in [4.69, 9.17) is 9.47 Å². The largest absolute Gasteiger partial charge is 0.478 e. The Morgan fingerprint density at radius 2 is 1.82 bits per heavy atom. The van der Waals surface area contributed by atoms with Crippen LogP contribution in [0.1, 0.15) is 53.4 Å². The van der Waals surface area contributed by atoms with E-state index in [9.17, 15) is 34.8 Å². The van der Waals surface area contributed by atoms with Crippen molar-refractivity contribution in [3.8, 4) is 0 Å². The van der Waals surface area contributed by atoms with Crippen molar-refractivity contribution in [2.24, 2.45) is 41.4 Å². The third-order valence-corrected chi connectivity index (χ3v) is 8.58. The van der Waals surface area contributed by atoms with E-state index in [1.165, 1.54) is 6.08 Å². The number of cyclic esters (lactones) is 1. The van der Waals surface area contributed by atoms with Crippen LogP contribution < -0.4 is 0 Å². The zero-order chi connectivity index (χ0) is 28.2. The number of carboxylic acids is 1. The molecule has 0 saturated heterocycles. The van der Waals surface area contributed by atoms with E-state index >= 15 is 0 Å². The molecule has 0 unspecified atom stereocenters. The van der Waals surface area contributed by atoms with Crippen molar-refractivity contribution >= 4 is 17.9 Å². The molecule has 3 aliphatic rings. The number of hydrogen-bond acceptors (Lipinski definition) is 8. The van der Waals surface area contributed by atoms with E-state index in [1.807, 2.05) is 19.9 Å². The van der Waals surface area contributed by atoms with Gasteiger partial charge in [0.25, 0.3) is 0 Å². The summed E-state index contributed by atoms with van der Waals surface area (Å²) < 4.78 is 10.7. The highest BCUT2D eigenvalue weighted by atomic mass is 16.6. The number of esters is 2. The quantitative estimate of drug-likeness (QED) is 0.199. The number of fused-ring (bicyclic) bond motifs is 1. The van der Waals surface area contributed by atoms with Gasteiger partial charge in [0, 0.05) is 0 Å². The standard InChI is InChI=1S/C29H42O9/c1-16(2)22-6-5-18(12-30)9-19(22)10-20(13-31)27(34)38-15-29(36)8-7-23(17(3)4)24-11-21(26(32)33)14-37-28(35)25(24)29/h9-11,16-17,19,22-25,30-31,36H,5-8,12-15H2,1-4H3,(H,32,33)/b20-10+/t19-,22+,23-,24-,25-,29-/m1/s1. The van der Waals surface area contributed by atoms with E-state index in [1.54, 1.807) is 6.08 Å². The highest BCUT2D eigenvalue weighted by Crippen LogP contribution is 2.47. The summed E-state index contributed by atoms with van der Waals surface area (Å²) in [6, 6.07) is 0. The number of aliphatic hydroxyl groups is 3. The zero-order valence-corrected chi connectivity index (χ0v) is 22.8. The van der Waals surface area contributed by atoms with Crippen molar-refractivity contribution in [3.05, 3.63) is 34.9 Å². The second kappa shape index (κ2) is 12.6. The van der Waals surface area contributed by atoms with Gasteiger partial charge in [-0.1, -0.05) is 45.9 Å². The van der Waals surface area contributed by atoms with Gasteiger partial charge in [0.2, 0.25) is 0 Å². The smallest absolute Gasteiger partial charge is 0.336 e. The van der Waals surface area contributed by atoms with E-state index in [2.05, 4.69) is 13.8 Å². The minimum absolute atomic E-state index is 0.0364. The predicted octanol–water partition coefficient (Wildman–Crippen LogP) is 2.65. The van der Waals surface area contributed by atoms with Gasteiger partial charge < -0.3 is 29.9 Å². The number of aliphatic carboxylic acids is 1. The summed E-state index contributed by atoms with van der Waals surface area (Å²) >= 11 is 0. The molecule has 1 heterocycles. The lowest BCUT2D eigenvalue weighted by Gasteiger charge is -2.46. The summed E-state index contributed by atoms with van der Waals surface area (Å²) in [5, 5.41) is 40.7. The highest BCUT2D eigenvalue weighted by Gasteiger charge is 2.54. The number of hydrogen-bond donors (Lipinski definition) is 4. The molecular formula is C29H42O9. The van der Waals surface area contributed by atoms with E-state index in [0.29, 0.717) is 12.3 Å². The van der Waals surface area contributed by atoms with Gasteiger partial charge in [-0.2, -0.15) is 0 Å². The molecule has 0 aromatic heterocycles. The van der Waals surface area contributed by atoms with Gasteiger partial charge >= 0.3 is 17.9 Å². The fraction of sp³-hybridized carbons (Fsp3) is 0.690. The molecular weight excluding hydrogens is 492 g/mol. The van der Waals surface area contributed by atoms with Gasteiger partial charge in [0.1, 0.15) is 18.8 Å². The first-order chi connectivity index (χ1) is 17.9. The highest BCUT2D eigenvalue weighted by molar-refractivity contribution is 5.89. The zero-order valence-electron chi connectivity index (χ0n) is 22.8. The van der Waals surface area contributed by atoms with Crippen molar-refractivity contribution in [1.29, 1.82) is 0 Å². The number of ether oxygens (including phenoxy) is 2. The first-order valence-electron chi connectivity index (χ1n) is 13.5. The lowest BCUT2D eigenvalue weighted by Crippen LogP contribution is -2.55. The average Bonchev–Trinajstić information content (AvgIpc) is 3.05. The number of allylic oxidation sites excluding steroid dienone is 3. The second-order valence-corrected chi connectivity index (χ2v) is 11.6.